The van der Waals surface area contributed by atoms with Crippen molar-refractivity contribution in [2.45, 2.75) is 144 Å². The molecule has 4 atom stereocenters. The molecule has 0 unspecified atom stereocenters. The van der Waals surface area contributed by atoms with Gasteiger partial charge >= 0.3 is 54.3 Å². The molecule has 8 aromatic heterocycles. The van der Waals surface area contributed by atoms with Crippen LogP contribution in [0.2, 0.25) is 15.6 Å². The van der Waals surface area contributed by atoms with Gasteiger partial charge in [0.1, 0.15) is 21.4 Å². The van der Waals surface area contributed by atoms with Crippen molar-refractivity contribution in [3.8, 4) is 22.7 Å². The van der Waals surface area contributed by atoms with E-state index < -0.39 is 57.3 Å². The van der Waals surface area contributed by atoms with Crippen molar-refractivity contribution in [2.75, 3.05) is 100 Å². The van der Waals surface area contributed by atoms with Crippen molar-refractivity contribution in [1.82, 2.24) is 125 Å². The molecule has 12 heterocycles. The summed E-state index contributed by atoms with van der Waals surface area (Å²) in [5.41, 5.74) is 4.36. The van der Waals surface area contributed by atoms with Crippen LogP contribution >= 0.6 is 34.8 Å². The fourth-order valence-corrected chi connectivity index (χ4v) is 15.6. The molecule has 139 heavy (non-hydrogen) atoms. The first kappa shape index (κ1) is 116. The minimum absolute atomic E-state index is 0. The Morgan fingerprint density at radius 1 is 0.338 bits per heavy atom. The van der Waals surface area contributed by atoms with E-state index in [2.05, 4.69) is 92.9 Å². The number of aryl methyl sites for hydroxylation is 6. The van der Waals surface area contributed by atoms with Crippen LogP contribution in [0.1, 0.15) is 151 Å². The van der Waals surface area contributed by atoms with Gasteiger partial charge < -0.3 is 44.7 Å². The number of hydrogen-bond acceptors (Lipinski definition) is 25. The molecule has 16 rings (SSSR count). The summed E-state index contributed by atoms with van der Waals surface area (Å²) in [5, 5.41) is 43.2. The van der Waals surface area contributed by atoms with Gasteiger partial charge in [-0.15, -0.1) is 0 Å². The SMILES string of the molecule is C[O-].Cc1ccc(-n2nccn2)c(C(=O)N2CCN(c3ncc(C(F)(F)F)c(C)n3)CC[C@H]2C)c1.Cc1ccc(-n2nccn2)c(C(=O)N2CCN(c3ncc(C(F)(F)F)c(C)n3)CC[C@H]2C)c1.Cc1ccc(-n2nccn2)c(C(=O)N2CCN(c3ncc(C(F)(F)F)c(Cl)n3)CC[C@H]2C)c1.Cc1ccc(-n2nccn2)c(C(=O)N2CCNCC[C@H]2C)c1.FC(F)(F)c1cnc(Cl)nc1Cl.[Na+].[W].[W].[W]. The van der Waals surface area contributed by atoms with Crippen molar-refractivity contribution in [3.63, 3.8) is 0 Å². The Balaban J connectivity index is 0.000000240. The summed E-state index contributed by atoms with van der Waals surface area (Å²) in [7, 11) is 0.750. The van der Waals surface area contributed by atoms with E-state index in [1.165, 1.54) is 45.4 Å². The van der Waals surface area contributed by atoms with Crippen molar-refractivity contribution in [3.05, 3.63) is 241 Å². The molecule has 4 aliphatic rings. The average Bonchev–Trinajstić information content (AvgIpc) is 1.79. The largest absolute Gasteiger partial charge is 1.00 e. The number of hydrogen-bond donors (Lipinski definition) is 1. The third kappa shape index (κ3) is 30.1. The molecule has 4 amide bonds. The van der Waals surface area contributed by atoms with E-state index in [9.17, 15) is 71.9 Å². The maximum absolute atomic E-state index is 13.6. The van der Waals surface area contributed by atoms with Crippen LogP contribution in [0.4, 0.5) is 70.5 Å². The van der Waals surface area contributed by atoms with Crippen LogP contribution in [-0.2, 0) is 87.9 Å². The molecule has 4 saturated heterocycles. The predicted octanol–water partition coefficient (Wildman–Crippen LogP) is 10.8. The average molecular weight is 2520 g/mol. The van der Waals surface area contributed by atoms with E-state index in [4.69, 9.17) is 39.9 Å². The molecule has 52 heteroatoms. The van der Waals surface area contributed by atoms with Gasteiger partial charge in [0, 0.05) is 184 Å². The normalized spacial score (nSPS) is 16.3. The summed E-state index contributed by atoms with van der Waals surface area (Å²) >= 11 is 16.1. The number of nitrogens with zero attached hydrogens (tertiary/aromatic N) is 27. The van der Waals surface area contributed by atoms with Crippen LogP contribution in [0.25, 0.3) is 22.7 Å². The number of amides is 4. The maximum Gasteiger partial charge on any atom is 1.00 e. The Morgan fingerprint density at radius 2 is 0.590 bits per heavy atom. The van der Waals surface area contributed by atoms with Gasteiger partial charge in [-0.05, 0) is 162 Å². The quantitative estimate of drug-likeness (QED) is 0.0544. The van der Waals surface area contributed by atoms with Crippen molar-refractivity contribution in [2.24, 2.45) is 0 Å². The molecule has 1 N–H and O–H groups in total. The summed E-state index contributed by atoms with van der Waals surface area (Å²) in [4.78, 5) is 102. The molecule has 0 saturated carbocycles. The summed E-state index contributed by atoms with van der Waals surface area (Å²) < 4.78 is 153. The monoisotopic (exact) mass is 2520 g/mol. The van der Waals surface area contributed by atoms with Crippen LogP contribution in [0, 0.1) is 41.5 Å². The fourth-order valence-electron chi connectivity index (χ4n) is 15.0. The number of rotatable bonds is 11. The van der Waals surface area contributed by atoms with Gasteiger partial charge in [-0.2, -0.15) is 120 Å². The van der Waals surface area contributed by atoms with E-state index in [1.807, 2.05) is 124 Å². The van der Waals surface area contributed by atoms with Crippen LogP contribution in [-0.4, -0.2) is 253 Å². The van der Waals surface area contributed by atoms with Gasteiger partial charge in [-0.25, -0.2) is 39.9 Å². The molecule has 4 fully saturated rings. The van der Waals surface area contributed by atoms with Crippen LogP contribution < -0.4 is 54.7 Å². The molecule has 12 aromatic rings. The van der Waals surface area contributed by atoms with E-state index in [-0.39, 0.29) is 175 Å². The summed E-state index contributed by atoms with van der Waals surface area (Å²) in [6.07, 6.45) is 0.0220. The number of halogens is 15. The second kappa shape index (κ2) is 51.7. The number of alkyl halides is 12. The van der Waals surface area contributed by atoms with Crippen LogP contribution in [0.3, 0.4) is 0 Å². The van der Waals surface area contributed by atoms with Crippen LogP contribution in [0.5, 0.6) is 0 Å². The van der Waals surface area contributed by atoms with E-state index in [0.29, 0.717) is 130 Å². The van der Waals surface area contributed by atoms with Gasteiger partial charge in [-0.3, -0.25) is 19.2 Å². The number of nitrogens with one attached hydrogen (secondary N) is 1. The summed E-state index contributed by atoms with van der Waals surface area (Å²) in [6.45, 7) is 24.6. The zero-order chi connectivity index (χ0) is 98.1. The minimum atomic E-state index is -4.62. The second-order valence-corrected chi connectivity index (χ2v) is 32.7. The van der Waals surface area contributed by atoms with E-state index >= 15 is 0 Å². The Bertz CT molecular complexity index is 5620. The van der Waals surface area contributed by atoms with Gasteiger partial charge in [0.15, 0.2) is 0 Å². The first-order chi connectivity index (χ1) is 64.0. The Morgan fingerprint density at radius 3 is 0.856 bits per heavy atom. The molecular weight excluding hydrogens is 2430 g/mol. The molecule has 0 bridgehead atoms. The van der Waals surface area contributed by atoms with Gasteiger partial charge in [-0.1, -0.05) is 69.7 Å². The smallest absolute Gasteiger partial charge is 0.857 e. The first-order valence-electron chi connectivity index (χ1n) is 42.2. The standard InChI is InChI=1S/2C22H24F3N7O.C21H21ClF3N7O.C16H21N5O.C5HCl2F3N2.CH3O.Na.3W/c2*1-14-4-5-19(32-27-7-8-28-32)17(12-14)20(33)31-11-10-30(9-6-15(31)2)21-26-13-18(16(3)29-21)22(23,24)25;1-13-3-4-17(32-27-6-7-28-32)15(11-13)19(33)31-10-9-30(8-5-14(31)2)20-26-12-16(18(22)29-20)21(23,24)25;1-12-3-4-15(21-18-7-8-19-21)14(11-12)16(22)20-10-9-17-6-5-13(20)2;6-3-2(5(8,9)10)1-11-4(7)12-3;1-2;;;;/h2*4-5,7-8,12-13,15H,6,9-11H2,1-3H3;3-4,6-7,11-12,14H,5,8-10H2,1-2H3;3-4,7-8,11,13,17H,5-6,9-10H2,1-2H3;1H;1H3;;;;/q;;;;;-1;+1;;;/t2*15-;14-;13-;;;;;;/m1111....../s1. The molecule has 0 spiro atoms. The molecule has 0 radical (unpaired) electrons. The number of benzene rings is 4. The zero-order valence-corrected chi connectivity index (χ0v) is 90.1. The zero-order valence-electron chi connectivity index (χ0n) is 77.0. The fraction of sp³-hybridized carbons (Fsp3) is 0.402. The molecule has 736 valence electrons. The molecule has 4 aliphatic heterocycles. The van der Waals surface area contributed by atoms with E-state index in [0.717, 1.165) is 73.5 Å². The van der Waals surface area contributed by atoms with Gasteiger partial charge in [0.05, 0.1) is 117 Å². The number of carbonyl (C=O) groups is 4. The molecule has 33 nitrogen and oxygen atoms in total. The Kier molecular flexibility index (Phi) is 43.1. The maximum atomic E-state index is 13.6. The minimum Gasteiger partial charge on any atom is -0.857 e. The van der Waals surface area contributed by atoms with E-state index in [1.54, 1.807) is 68.9 Å². The van der Waals surface area contributed by atoms with Crippen LogP contribution in [0.15, 0.2) is 147 Å². The predicted molar refractivity (Wildman–Crippen MR) is 473 cm³/mol. The number of carbonyl (C=O) groups excluding carboxylic acids is 4. The Labute approximate surface area is 871 Å². The van der Waals surface area contributed by atoms with Crippen molar-refractivity contribution >= 4 is 76.3 Å². The first-order valence-corrected chi connectivity index (χ1v) is 43.3. The third-order valence-corrected chi connectivity index (χ3v) is 23.0. The van der Waals surface area contributed by atoms with Crippen molar-refractivity contribution < 1.29 is 170 Å². The third-order valence-electron chi connectivity index (χ3n) is 22.2. The summed E-state index contributed by atoms with van der Waals surface area (Å²) in [5.74, 6) is 0.151. The Hall–Kier alpha value is -9.95. The molecule has 4 aromatic carbocycles. The number of aromatic nitrogens is 20. The van der Waals surface area contributed by atoms with Gasteiger partial charge in [0.25, 0.3) is 23.6 Å². The summed E-state index contributed by atoms with van der Waals surface area (Å²) in [6, 6.07) is 22.3. The van der Waals surface area contributed by atoms with Crippen molar-refractivity contribution in [1.29, 1.82) is 0 Å². The molecule has 0 aliphatic carbocycles. The number of anilines is 3. The topological polar surface area (TPSA) is 352 Å². The second-order valence-electron chi connectivity index (χ2n) is 31.7. The van der Waals surface area contributed by atoms with Gasteiger partial charge in [0.2, 0.25) is 23.1 Å². The molecular formula is C87H94Cl3F12N28NaO5W3.